The Morgan fingerprint density at radius 1 is 1.45 bits per heavy atom. The molecule has 1 fully saturated rings. The van der Waals surface area contributed by atoms with E-state index in [1.54, 1.807) is 6.92 Å². The summed E-state index contributed by atoms with van der Waals surface area (Å²) in [6.45, 7) is 2.42. The van der Waals surface area contributed by atoms with E-state index in [-0.39, 0.29) is 29.9 Å². The number of sulfone groups is 1. The summed E-state index contributed by atoms with van der Waals surface area (Å²) in [6.07, 6.45) is 1.23. The number of amides is 1. The summed E-state index contributed by atoms with van der Waals surface area (Å²) in [5.41, 5.74) is 0. The molecule has 1 amide bonds. The van der Waals surface area contributed by atoms with Crippen LogP contribution in [0.5, 0.6) is 0 Å². The van der Waals surface area contributed by atoms with Gasteiger partial charge in [-0.15, -0.1) is 0 Å². The van der Waals surface area contributed by atoms with Crippen molar-refractivity contribution < 1.29 is 23.1 Å². The minimum atomic E-state index is -3.03. The van der Waals surface area contributed by atoms with Gasteiger partial charge in [0.1, 0.15) is 0 Å². The van der Waals surface area contributed by atoms with Crippen LogP contribution in [-0.4, -0.2) is 56.0 Å². The van der Waals surface area contributed by atoms with E-state index in [0.717, 1.165) is 0 Å². The van der Waals surface area contributed by atoms with Gasteiger partial charge in [-0.2, -0.15) is 0 Å². The van der Waals surface area contributed by atoms with Crippen molar-refractivity contribution in [3.63, 3.8) is 0 Å². The normalized spacial score (nSPS) is 22.9. The Balaban J connectivity index is 2.19. The SMILES string of the molecule is CC(CCCNC(=O)CC1CS(=O)(=O)CCN1)C(=O)O. The molecule has 0 aromatic carbocycles. The van der Waals surface area contributed by atoms with Crippen LogP contribution in [0.25, 0.3) is 0 Å². The van der Waals surface area contributed by atoms with Gasteiger partial charge >= 0.3 is 5.97 Å². The maximum Gasteiger partial charge on any atom is 0.306 e. The van der Waals surface area contributed by atoms with Crippen molar-refractivity contribution >= 4 is 21.7 Å². The zero-order valence-electron chi connectivity index (χ0n) is 11.6. The van der Waals surface area contributed by atoms with Crippen molar-refractivity contribution in [1.29, 1.82) is 0 Å². The number of hydrogen-bond donors (Lipinski definition) is 3. The van der Waals surface area contributed by atoms with E-state index in [1.165, 1.54) is 0 Å². The fourth-order valence-electron chi connectivity index (χ4n) is 2.05. The summed E-state index contributed by atoms with van der Waals surface area (Å²) >= 11 is 0. The quantitative estimate of drug-likeness (QED) is 0.540. The van der Waals surface area contributed by atoms with Crippen LogP contribution < -0.4 is 10.6 Å². The molecule has 0 spiro atoms. The summed E-state index contributed by atoms with van der Waals surface area (Å²) in [4.78, 5) is 22.2. The van der Waals surface area contributed by atoms with Crippen molar-refractivity contribution in [3.8, 4) is 0 Å². The number of carbonyl (C=O) groups excluding carboxylic acids is 1. The molecule has 0 aromatic rings. The number of aliphatic carboxylic acids is 1. The molecular formula is C12H22N2O5S. The predicted octanol–water partition coefficient (Wildman–Crippen LogP) is -0.620. The monoisotopic (exact) mass is 306 g/mol. The molecule has 1 saturated heterocycles. The summed E-state index contributed by atoms with van der Waals surface area (Å²) in [6, 6.07) is -0.327. The van der Waals surface area contributed by atoms with Crippen molar-refractivity contribution in [1.82, 2.24) is 10.6 Å². The lowest BCUT2D eigenvalue weighted by atomic mass is 10.1. The van der Waals surface area contributed by atoms with E-state index in [2.05, 4.69) is 10.6 Å². The van der Waals surface area contributed by atoms with Crippen LogP contribution in [0.1, 0.15) is 26.2 Å². The van der Waals surface area contributed by atoms with Gasteiger partial charge in [0.2, 0.25) is 5.91 Å². The number of hydrogen-bond acceptors (Lipinski definition) is 5. The van der Waals surface area contributed by atoms with E-state index in [0.29, 0.717) is 25.9 Å². The van der Waals surface area contributed by atoms with Crippen molar-refractivity contribution in [3.05, 3.63) is 0 Å². The number of carboxylic acids is 1. The van der Waals surface area contributed by atoms with E-state index < -0.39 is 21.7 Å². The number of carboxylic acid groups (broad SMARTS) is 1. The summed E-state index contributed by atoms with van der Waals surface area (Å²) in [5, 5.41) is 14.4. The van der Waals surface area contributed by atoms with Crippen molar-refractivity contribution in [2.45, 2.75) is 32.2 Å². The Kier molecular flexibility index (Phi) is 6.41. The lowest BCUT2D eigenvalue weighted by Gasteiger charge is -2.23. The molecule has 0 radical (unpaired) electrons. The molecule has 1 heterocycles. The minimum absolute atomic E-state index is 0.00350. The van der Waals surface area contributed by atoms with Crippen LogP contribution in [0, 0.1) is 5.92 Å². The highest BCUT2D eigenvalue weighted by molar-refractivity contribution is 7.91. The number of nitrogens with one attached hydrogen (secondary N) is 2. The third-order valence-corrected chi connectivity index (χ3v) is 5.03. The van der Waals surface area contributed by atoms with Gasteiger partial charge in [0.25, 0.3) is 0 Å². The highest BCUT2D eigenvalue weighted by Gasteiger charge is 2.25. The second kappa shape index (κ2) is 7.58. The van der Waals surface area contributed by atoms with Gasteiger partial charge < -0.3 is 15.7 Å². The van der Waals surface area contributed by atoms with Crippen molar-refractivity contribution in [2.24, 2.45) is 5.92 Å². The van der Waals surface area contributed by atoms with Gasteiger partial charge in [-0.05, 0) is 12.8 Å². The van der Waals surface area contributed by atoms with Crippen LogP contribution in [0.3, 0.4) is 0 Å². The summed E-state index contributed by atoms with van der Waals surface area (Å²) < 4.78 is 22.8. The molecule has 0 saturated carbocycles. The largest absolute Gasteiger partial charge is 0.481 e. The Hall–Kier alpha value is -1.15. The van der Waals surface area contributed by atoms with E-state index in [1.807, 2.05) is 0 Å². The molecule has 1 aliphatic heterocycles. The molecule has 20 heavy (non-hydrogen) atoms. The maximum absolute atomic E-state index is 11.6. The summed E-state index contributed by atoms with van der Waals surface area (Å²) in [5.74, 6) is -1.35. The van der Waals surface area contributed by atoms with Crippen LogP contribution in [0.15, 0.2) is 0 Å². The van der Waals surface area contributed by atoms with Crippen LogP contribution in [0.4, 0.5) is 0 Å². The maximum atomic E-state index is 11.6. The molecule has 1 aliphatic rings. The zero-order valence-corrected chi connectivity index (χ0v) is 12.4. The van der Waals surface area contributed by atoms with Crippen LogP contribution in [-0.2, 0) is 19.4 Å². The van der Waals surface area contributed by atoms with E-state index >= 15 is 0 Å². The first-order valence-electron chi connectivity index (χ1n) is 6.73. The second-order valence-corrected chi connectivity index (χ2v) is 7.43. The minimum Gasteiger partial charge on any atom is -0.481 e. The molecule has 0 aliphatic carbocycles. The first-order valence-corrected chi connectivity index (χ1v) is 8.55. The molecule has 7 nitrogen and oxygen atoms in total. The highest BCUT2D eigenvalue weighted by atomic mass is 32.2. The Morgan fingerprint density at radius 3 is 2.75 bits per heavy atom. The molecule has 8 heteroatoms. The Bertz CT molecular complexity index is 449. The van der Waals surface area contributed by atoms with Crippen LogP contribution >= 0.6 is 0 Å². The lowest BCUT2D eigenvalue weighted by Crippen LogP contribution is -2.47. The molecular weight excluding hydrogens is 284 g/mol. The standard InChI is InChI=1S/C12H22N2O5S/c1-9(12(16)17)3-2-4-14-11(15)7-10-8-20(18,19)6-5-13-10/h9-10,13H,2-8H2,1H3,(H,14,15)(H,16,17). The van der Waals surface area contributed by atoms with E-state index in [4.69, 9.17) is 5.11 Å². The topological polar surface area (TPSA) is 113 Å². The third-order valence-electron chi connectivity index (χ3n) is 3.29. The lowest BCUT2D eigenvalue weighted by molar-refractivity contribution is -0.141. The molecule has 1 rings (SSSR count). The fraction of sp³-hybridized carbons (Fsp3) is 0.833. The molecule has 0 aromatic heterocycles. The molecule has 2 unspecified atom stereocenters. The number of carbonyl (C=O) groups is 2. The molecule has 2 atom stereocenters. The van der Waals surface area contributed by atoms with Gasteiger partial charge in [0, 0.05) is 25.6 Å². The van der Waals surface area contributed by atoms with Crippen LogP contribution in [0.2, 0.25) is 0 Å². The predicted molar refractivity (Wildman–Crippen MR) is 74.1 cm³/mol. The van der Waals surface area contributed by atoms with Gasteiger partial charge in [-0.3, -0.25) is 9.59 Å². The fourth-order valence-corrected chi connectivity index (χ4v) is 3.50. The smallest absolute Gasteiger partial charge is 0.306 e. The third kappa shape index (κ3) is 6.33. The average molecular weight is 306 g/mol. The first kappa shape index (κ1) is 16.9. The van der Waals surface area contributed by atoms with Crippen molar-refractivity contribution in [2.75, 3.05) is 24.6 Å². The second-order valence-electron chi connectivity index (χ2n) is 5.20. The van der Waals surface area contributed by atoms with Gasteiger partial charge in [-0.1, -0.05) is 6.92 Å². The first-order chi connectivity index (χ1) is 9.30. The number of rotatable bonds is 7. The van der Waals surface area contributed by atoms with Gasteiger partial charge in [-0.25, -0.2) is 8.42 Å². The highest BCUT2D eigenvalue weighted by Crippen LogP contribution is 2.06. The average Bonchev–Trinajstić information content (AvgIpc) is 2.32. The Labute approximate surface area is 119 Å². The summed E-state index contributed by atoms with van der Waals surface area (Å²) in [7, 11) is -3.03. The van der Waals surface area contributed by atoms with Gasteiger partial charge in [0.15, 0.2) is 9.84 Å². The van der Waals surface area contributed by atoms with Gasteiger partial charge in [0.05, 0.1) is 17.4 Å². The molecule has 0 bridgehead atoms. The zero-order chi connectivity index (χ0) is 15.2. The Morgan fingerprint density at radius 2 is 2.15 bits per heavy atom. The molecule has 116 valence electrons. The van der Waals surface area contributed by atoms with E-state index in [9.17, 15) is 18.0 Å². The molecule has 3 N–H and O–H groups in total.